The van der Waals surface area contributed by atoms with E-state index in [1.54, 1.807) is 6.92 Å². The Morgan fingerprint density at radius 3 is 2.42 bits per heavy atom. The van der Waals surface area contributed by atoms with E-state index >= 15 is 0 Å². The maximum absolute atomic E-state index is 13.4. The number of amidine groups is 1. The summed E-state index contributed by atoms with van der Waals surface area (Å²) in [6.45, 7) is 1.91. The van der Waals surface area contributed by atoms with Crippen LogP contribution in [0, 0.1) is 5.41 Å². The van der Waals surface area contributed by atoms with Gasteiger partial charge in [-0.05, 0) is 6.42 Å². The fraction of sp³-hybridized carbons (Fsp3) is 0.760. The second kappa shape index (κ2) is 18.3. The molecule has 0 aromatic heterocycles. The summed E-state index contributed by atoms with van der Waals surface area (Å²) in [7, 11) is -16.5. The highest BCUT2D eigenvalue weighted by Crippen LogP contribution is 2.61. The number of nitrogens with two attached hydrogens (primary N) is 1. The Bertz CT molecular complexity index is 1610. The number of nitrogens with one attached hydrogen (secondary N) is 2. The van der Waals surface area contributed by atoms with E-state index in [4.69, 9.17) is 24.0 Å². The number of aliphatic imine (C=N–C) groups is 3. The highest BCUT2D eigenvalue weighted by atomic mass is 32.1. The SMILES string of the molecule is CCCC(=O)C12N=CN=C(N)C1=NCN2[C@@H]1O[C@H](COP(=O)(O)OP(=O)(O)OCC(C)(C)[C@@H](O)C(=O)NCCC(=O)NCCS)[C@@H](OP(=O)(O)O)[C@H]1O. The monoisotopic (exact) mass is 839 g/mol. The Morgan fingerprint density at radius 2 is 1.79 bits per heavy atom. The van der Waals surface area contributed by atoms with Crippen LogP contribution in [-0.2, 0) is 50.7 Å². The van der Waals surface area contributed by atoms with Crippen molar-refractivity contribution in [1.82, 2.24) is 15.5 Å². The molecule has 8 atom stereocenters. The molecule has 3 rings (SSSR count). The number of hydrogen-bond acceptors (Lipinski definition) is 19. The molecule has 53 heavy (non-hydrogen) atoms. The highest BCUT2D eigenvalue weighted by Gasteiger charge is 2.61. The molecule has 0 aromatic rings. The van der Waals surface area contributed by atoms with Gasteiger partial charge in [0.2, 0.25) is 17.5 Å². The van der Waals surface area contributed by atoms with Gasteiger partial charge in [-0.3, -0.25) is 32.9 Å². The number of Topliss-reactive ketones (excluding diaryl/α,β-unsaturated/α-hetero) is 1. The molecule has 28 heteroatoms. The van der Waals surface area contributed by atoms with Gasteiger partial charge in [0, 0.05) is 37.1 Å². The van der Waals surface area contributed by atoms with Crippen LogP contribution in [0.5, 0.6) is 0 Å². The number of nitrogens with zero attached hydrogens (tertiary/aromatic N) is 4. The number of fused-ring (bicyclic) bond motifs is 1. The number of carbonyl (C=O) groups excluding carboxylic acids is 3. The summed E-state index contributed by atoms with van der Waals surface area (Å²) in [5.74, 6) is -1.65. The normalized spacial score (nSPS) is 27.6. The summed E-state index contributed by atoms with van der Waals surface area (Å²) < 4.78 is 61.5. The van der Waals surface area contributed by atoms with E-state index in [0.717, 1.165) is 11.2 Å². The Labute approximate surface area is 308 Å². The van der Waals surface area contributed by atoms with Crippen LogP contribution in [0.15, 0.2) is 15.0 Å². The number of hydrogen-bond donors (Lipinski definition) is 10. The topological polar surface area (TPSA) is 360 Å². The number of aliphatic hydroxyl groups is 2. The van der Waals surface area contributed by atoms with Crippen LogP contribution in [0.1, 0.15) is 40.0 Å². The summed E-state index contributed by atoms with van der Waals surface area (Å²) in [4.78, 5) is 90.4. The molecule has 3 aliphatic rings. The first-order chi connectivity index (χ1) is 24.5. The number of ketones is 1. The summed E-state index contributed by atoms with van der Waals surface area (Å²) >= 11 is 3.95. The first-order valence-electron chi connectivity index (χ1n) is 15.8. The van der Waals surface area contributed by atoms with Crippen molar-refractivity contribution in [2.75, 3.05) is 38.7 Å². The number of amides is 2. The second-order valence-electron chi connectivity index (χ2n) is 12.4. The van der Waals surface area contributed by atoms with E-state index in [1.807, 2.05) is 0 Å². The van der Waals surface area contributed by atoms with Gasteiger partial charge in [-0.2, -0.15) is 16.9 Å². The molecule has 3 heterocycles. The molecule has 0 spiro atoms. The van der Waals surface area contributed by atoms with Gasteiger partial charge >= 0.3 is 23.5 Å². The molecule has 2 amide bonds. The quantitative estimate of drug-likeness (QED) is 0.0438. The molecule has 302 valence electrons. The molecule has 0 bridgehead atoms. The number of phosphoric ester groups is 3. The van der Waals surface area contributed by atoms with Gasteiger partial charge in [-0.25, -0.2) is 28.6 Å². The van der Waals surface area contributed by atoms with Crippen molar-refractivity contribution in [3.63, 3.8) is 0 Å². The lowest BCUT2D eigenvalue weighted by Gasteiger charge is -2.39. The lowest BCUT2D eigenvalue weighted by molar-refractivity contribution is -0.144. The van der Waals surface area contributed by atoms with E-state index in [1.165, 1.54) is 13.8 Å². The average molecular weight is 840 g/mol. The van der Waals surface area contributed by atoms with Gasteiger partial charge in [0.15, 0.2) is 11.6 Å². The molecule has 1 fully saturated rings. The van der Waals surface area contributed by atoms with Gasteiger partial charge in [-0.1, -0.05) is 20.8 Å². The third-order valence-electron chi connectivity index (χ3n) is 7.83. The van der Waals surface area contributed by atoms with E-state index in [9.17, 15) is 57.9 Å². The summed E-state index contributed by atoms with van der Waals surface area (Å²) in [5.41, 5.74) is 2.31. The van der Waals surface area contributed by atoms with Crippen LogP contribution in [0.25, 0.3) is 0 Å². The molecule has 1 saturated heterocycles. The number of aliphatic hydroxyl groups excluding tert-OH is 2. The van der Waals surface area contributed by atoms with Crippen LogP contribution in [0.2, 0.25) is 0 Å². The number of rotatable bonds is 21. The van der Waals surface area contributed by atoms with Crippen LogP contribution >= 0.6 is 36.1 Å². The number of phosphoric acid groups is 3. The third kappa shape index (κ3) is 11.7. The molecule has 0 aliphatic carbocycles. The van der Waals surface area contributed by atoms with Crippen molar-refractivity contribution in [2.24, 2.45) is 26.1 Å². The van der Waals surface area contributed by atoms with Crippen LogP contribution in [0.4, 0.5) is 0 Å². The van der Waals surface area contributed by atoms with Gasteiger partial charge in [0.1, 0.15) is 42.7 Å². The maximum atomic E-state index is 13.4. The molecular formula is C25H44N7O17P3S. The standard InChI is InChI=1S/C25H44N7O17P3S/c1-4-5-15(33)25-19(21(26)29-12-31-25)30-13-32(25)23-17(35)18(48-50(38,39)40)14(47-23)10-45-51(41,42)49-52(43,44)46-11-24(2,3)20(36)22(37)28-7-6-16(34)27-8-9-53/h12,14,17-18,20,23,35-36,53H,4-11,13H2,1-3H3,(H,27,34)(H,28,37)(H,41,42)(H,43,44)(H2,26,29,31)(H2,38,39,40)/t14-,17-,18-,20+,23-,25?/m1/s1. The minimum absolute atomic E-state index is 0.0487. The molecule has 10 N–H and O–H groups in total. The smallest absolute Gasteiger partial charge is 0.386 e. The van der Waals surface area contributed by atoms with E-state index < -0.39 is 90.1 Å². The van der Waals surface area contributed by atoms with Crippen molar-refractivity contribution in [1.29, 1.82) is 0 Å². The van der Waals surface area contributed by atoms with Gasteiger partial charge in [-0.15, -0.1) is 0 Å². The number of thiol groups is 1. The van der Waals surface area contributed by atoms with Crippen molar-refractivity contribution in [2.45, 2.75) is 76.3 Å². The van der Waals surface area contributed by atoms with Crippen molar-refractivity contribution in [3.05, 3.63) is 0 Å². The van der Waals surface area contributed by atoms with Gasteiger partial charge in [0.05, 0.1) is 19.9 Å². The van der Waals surface area contributed by atoms with Crippen molar-refractivity contribution >= 4 is 71.6 Å². The number of ether oxygens (including phenoxy) is 1. The Morgan fingerprint density at radius 1 is 1.13 bits per heavy atom. The van der Waals surface area contributed by atoms with E-state index in [0.29, 0.717) is 18.7 Å². The van der Waals surface area contributed by atoms with E-state index in [2.05, 4.69) is 42.6 Å². The van der Waals surface area contributed by atoms with Gasteiger partial charge in [0.25, 0.3) is 0 Å². The van der Waals surface area contributed by atoms with Crippen molar-refractivity contribution in [3.8, 4) is 0 Å². The lowest BCUT2D eigenvalue weighted by atomic mass is 9.87. The van der Waals surface area contributed by atoms with Gasteiger partial charge < -0.3 is 50.9 Å². The molecule has 3 unspecified atom stereocenters. The zero-order valence-electron chi connectivity index (χ0n) is 28.7. The fourth-order valence-electron chi connectivity index (χ4n) is 5.26. The molecular weight excluding hydrogens is 795 g/mol. The first-order valence-corrected chi connectivity index (χ1v) is 20.9. The average Bonchev–Trinajstić information content (AvgIpc) is 3.59. The second-order valence-corrected chi connectivity index (χ2v) is 17.1. The largest absolute Gasteiger partial charge is 0.481 e. The molecule has 0 aromatic carbocycles. The molecule has 3 aliphatic heterocycles. The summed E-state index contributed by atoms with van der Waals surface area (Å²) in [5, 5.41) is 26.5. The highest BCUT2D eigenvalue weighted by molar-refractivity contribution is 7.80. The Hall–Kier alpha value is -2.02. The third-order valence-corrected chi connectivity index (χ3v) is 11.2. The van der Waals surface area contributed by atoms with E-state index in [-0.39, 0.29) is 43.5 Å². The lowest BCUT2D eigenvalue weighted by Crippen LogP contribution is -2.64. The Balaban J connectivity index is 1.67. The number of carbonyl (C=O) groups is 3. The first kappa shape index (κ1) is 45.4. The maximum Gasteiger partial charge on any atom is 0.481 e. The minimum Gasteiger partial charge on any atom is -0.386 e. The molecule has 0 radical (unpaired) electrons. The minimum atomic E-state index is -5.62. The predicted octanol–water partition coefficient (Wildman–Crippen LogP) is -2.08. The van der Waals surface area contributed by atoms with Crippen molar-refractivity contribution < 1.29 is 80.5 Å². The predicted molar refractivity (Wildman–Crippen MR) is 185 cm³/mol. The zero-order chi connectivity index (χ0) is 40.0. The molecule has 24 nitrogen and oxygen atoms in total. The summed E-state index contributed by atoms with van der Waals surface area (Å²) in [6, 6.07) is 0. The van der Waals surface area contributed by atoms with Crippen LogP contribution < -0.4 is 16.4 Å². The van der Waals surface area contributed by atoms with Crippen LogP contribution in [-0.4, -0.2) is 145 Å². The zero-order valence-corrected chi connectivity index (χ0v) is 32.2. The molecule has 0 saturated carbocycles. The fourth-order valence-corrected chi connectivity index (χ4v) is 8.20. The summed E-state index contributed by atoms with van der Waals surface area (Å²) in [6.07, 6.45) is -8.17. The van der Waals surface area contributed by atoms with Crippen LogP contribution in [0.3, 0.4) is 0 Å². The Kier molecular flexibility index (Phi) is 15.7.